The molecule has 25 heavy (non-hydrogen) atoms. The SMILES string of the molecule is O=C(c1cc2cc(Br)ccc2[nH]1)N1CCN(CCN2CCCC2)CC1. The summed E-state index contributed by atoms with van der Waals surface area (Å²) in [5, 5.41) is 1.07. The fraction of sp³-hybridized carbons (Fsp3) is 0.526. The van der Waals surface area contributed by atoms with Crippen molar-refractivity contribution in [3.63, 3.8) is 0 Å². The normalized spacial score (nSPS) is 19.8. The van der Waals surface area contributed by atoms with Gasteiger partial charge in [0.05, 0.1) is 0 Å². The Kier molecular flexibility index (Phi) is 5.10. The summed E-state index contributed by atoms with van der Waals surface area (Å²) >= 11 is 3.48. The minimum Gasteiger partial charge on any atom is -0.351 e. The first-order valence-electron chi connectivity index (χ1n) is 9.21. The van der Waals surface area contributed by atoms with Crippen molar-refractivity contribution in [1.29, 1.82) is 0 Å². The molecular formula is C19H25BrN4O. The van der Waals surface area contributed by atoms with Gasteiger partial charge in [-0.05, 0) is 50.2 Å². The third-order valence-corrected chi connectivity index (χ3v) is 5.90. The van der Waals surface area contributed by atoms with E-state index in [2.05, 4.69) is 30.7 Å². The number of carbonyl (C=O) groups excluding carboxylic acids is 1. The highest BCUT2D eigenvalue weighted by atomic mass is 79.9. The lowest BCUT2D eigenvalue weighted by atomic mass is 10.2. The van der Waals surface area contributed by atoms with Crippen LogP contribution in [-0.4, -0.2) is 77.9 Å². The standard InChI is InChI=1S/C19H25BrN4O/c20-16-3-4-17-15(13-16)14-18(21-17)19(25)24-11-9-23(10-12-24)8-7-22-5-1-2-6-22/h3-4,13-14,21H,1-2,5-12H2. The molecule has 0 spiro atoms. The summed E-state index contributed by atoms with van der Waals surface area (Å²) in [5.74, 6) is 0.117. The Labute approximate surface area is 157 Å². The second kappa shape index (κ2) is 7.48. The Morgan fingerprint density at radius 3 is 2.36 bits per heavy atom. The molecule has 0 bridgehead atoms. The molecule has 1 aromatic carbocycles. The number of amides is 1. The molecule has 4 rings (SSSR count). The second-order valence-electron chi connectivity index (χ2n) is 7.10. The highest BCUT2D eigenvalue weighted by molar-refractivity contribution is 9.10. The Bertz CT molecular complexity index is 745. The smallest absolute Gasteiger partial charge is 0.270 e. The van der Waals surface area contributed by atoms with Crippen molar-refractivity contribution in [1.82, 2.24) is 19.7 Å². The third-order valence-electron chi connectivity index (χ3n) is 5.40. The topological polar surface area (TPSA) is 42.6 Å². The first-order valence-corrected chi connectivity index (χ1v) is 10.0. The van der Waals surface area contributed by atoms with Gasteiger partial charge in [0.1, 0.15) is 5.69 Å². The Morgan fingerprint density at radius 1 is 0.960 bits per heavy atom. The van der Waals surface area contributed by atoms with Crippen LogP contribution in [0, 0.1) is 0 Å². The van der Waals surface area contributed by atoms with Crippen molar-refractivity contribution in [3.8, 4) is 0 Å². The van der Waals surface area contributed by atoms with Gasteiger partial charge in [0.15, 0.2) is 0 Å². The van der Waals surface area contributed by atoms with E-state index < -0.39 is 0 Å². The summed E-state index contributed by atoms with van der Waals surface area (Å²) in [6.07, 6.45) is 2.70. The molecule has 6 heteroatoms. The van der Waals surface area contributed by atoms with Crippen LogP contribution in [0.25, 0.3) is 10.9 Å². The van der Waals surface area contributed by atoms with Crippen LogP contribution in [-0.2, 0) is 0 Å². The minimum atomic E-state index is 0.117. The summed E-state index contributed by atoms with van der Waals surface area (Å²) < 4.78 is 1.03. The van der Waals surface area contributed by atoms with E-state index in [1.54, 1.807) is 0 Å². The number of fused-ring (bicyclic) bond motifs is 1. The number of likely N-dealkylation sites (tertiary alicyclic amines) is 1. The molecule has 0 saturated carbocycles. The molecule has 1 amide bonds. The van der Waals surface area contributed by atoms with E-state index in [1.165, 1.54) is 32.5 Å². The third kappa shape index (κ3) is 3.91. The first kappa shape index (κ1) is 17.1. The maximum absolute atomic E-state index is 12.8. The highest BCUT2D eigenvalue weighted by Crippen LogP contribution is 2.21. The number of nitrogens with zero attached hydrogens (tertiary/aromatic N) is 3. The van der Waals surface area contributed by atoms with E-state index in [-0.39, 0.29) is 5.91 Å². The van der Waals surface area contributed by atoms with Crippen LogP contribution in [0.4, 0.5) is 0 Å². The lowest BCUT2D eigenvalue weighted by Gasteiger charge is -2.35. The van der Waals surface area contributed by atoms with Crippen molar-refractivity contribution in [2.75, 3.05) is 52.4 Å². The number of rotatable bonds is 4. The fourth-order valence-corrected chi connectivity index (χ4v) is 4.23. The Balaban J connectivity index is 1.32. The van der Waals surface area contributed by atoms with Gasteiger partial charge in [0.2, 0.25) is 0 Å². The van der Waals surface area contributed by atoms with Gasteiger partial charge in [0, 0.05) is 54.6 Å². The fourth-order valence-electron chi connectivity index (χ4n) is 3.85. The molecule has 2 aliphatic heterocycles. The zero-order chi connectivity index (χ0) is 17.2. The molecule has 2 aliphatic rings. The summed E-state index contributed by atoms with van der Waals surface area (Å²) in [6.45, 7) is 8.41. The molecule has 2 aromatic rings. The highest BCUT2D eigenvalue weighted by Gasteiger charge is 2.23. The molecule has 0 aliphatic carbocycles. The molecule has 134 valence electrons. The molecule has 2 fully saturated rings. The number of H-pyrrole nitrogens is 1. The average Bonchev–Trinajstić information content (AvgIpc) is 3.29. The number of hydrogen-bond donors (Lipinski definition) is 1. The number of aromatic nitrogens is 1. The average molecular weight is 405 g/mol. The predicted octanol–water partition coefficient (Wildman–Crippen LogP) is 2.78. The van der Waals surface area contributed by atoms with E-state index in [0.29, 0.717) is 5.69 Å². The number of hydrogen-bond acceptors (Lipinski definition) is 3. The van der Waals surface area contributed by atoms with E-state index in [0.717, 1.165) is 48.1 Å². The lowest BCUT2D eigenvalue weighted by molar-refractivity contribution is 0.0622. The Morgan fingerprint density at radius 2 is 1.64 bits per heavy atom. The summed E-state index contributed by atoms with van der Waals surface area (Å²) in [4.78, 5) is 23.1. The second-order valence-corrected chi connectivity index (χ2v) is 8.01. The zero-order valence-electron chi connectivity index (χ0n) is 14.5. The molecule has 0 atom stereocenters. The monoisotopic (exact) mass is 404 g/mol. The van der Waals surface area contributed by atoms with Crippen molar-refractivity contribution >= 4 is 32.7 Å². The molecule has 0 unspecified atom stereocenters. The molecule has 1 aromatic heterocycles. The predicted molar refractivity (Wildman–Crippen MR) is 104 cm³/mol. The van der Waals surface area contributed by atoms with Gasteiger partial charge in [-0.2, -0.15) is 0 Å². The summed E-state index contributed by atoms with van der Waals surface area (Å²) in [6, 6.07) is 8.00. The molecular weight excluding hydrogens is 380 g/mol. The van der Waals surface area contributed by atoms with Gasteiger partial charge in [-0.1, -0.05) is 15.9 Å². The first-order chi connectivity index (χ1) is 12.2. The van der Waals surface area contributed by atoms with Gasteiger partial charge in [-0.3, -0.25) is 9.69 Å². The number of halogens is 1. The number of piperazine rings is 1. The molecule has 3 heterocycles. The van der Waals surface area contributed by atoms with Gasteiger partial charge < -0.3 is 14.8 Å². The summed E-state index contributed by atoms with van der Waals surface area (Å²) in [5.41, 5.74) is 1.70. The molecule has 1 N–H and O–H groups in total. The van der Waals surface area contributed by atoms with Crippen LogP contribution in [0.5, 0.6) is 0 Å². The van der Waals surface area contributed by atoms with Crippen LogP contribution in [0.1, 0.15) is 23.3 Å². The van der Waals surface area contributed by atoms with Crippen molar-refractivity contribution in [3.05, 3.63) is 34.4 Å². The number of nitrogens with one attached hydrogen (secondary N) is 1. The van der Waals surface area contributed by atoms with Crippen LogP contribution in [0.15, 0.2) is 28.7 Å². The van der Waals surface area contributed by atoms with E-state index in [4.69, 9.17) is 0 Å². The quantitative estimate of drug-likeness (QED) is 0.851. The van der Waals surface area contributed by atoms with Gasteiger partial charge >= 0.3 is 0 Å². The largest absolute Gasteiger partial charge is 0.351 e. The minimum absolute atomic E-state index is 0.117. The summed E-state index contributed by atoms with van der Waals surface area (Å²) in [7, 11) is 0. The molecule has 5 nitrogen and oxygen atoms in total. The number of carbonyl (C=O) groups is 1. The van der Waals surface area contributed by atoms with Gasteiger partial charge in [0.25, 0.3) is 5.91 Å². The molecule has 2 saturated heterocycles. The zero-order valence-corrected chi connectivity index (χ0v) is 16.1. The van der Waals surface area contributed by atoms with Crippen LogP contribution in [0.2, 0.25) is 0 Å². The maximum Gasteiger partial charge on any atom is 0.270 e. The van der Waals surface area contributed by atoms with Gasteiger partial charge in [-0.15, -0.1) is 0 Å². The van der Waals surface area contributed by atoms with Crippen LogP contribution in [0.3, 0.4) is 0 Å². The van der Waals surface area contributed by atoms with Crippen molar-refractivity contribution in [2.24, 2.45) is 0 Å². The maximum atomic E-state index is 12.8. The Hall–Kier alpha value is -1.37. The van der Waals surface area contributed by atoms with Crippen LogP contribution >= 0.6 is 15.9 Å². The lowest BCUT2D eigenvalue weighted by Crippen LogP contribution is -2.50. The van der Waals surface area contributed by atoms with Gasteiger partial charge in [-0.25, -0.2) is 0 Å². The van der Waals surface area contributed by atoms with Crippen LogP contribution < -0.4 is 0 Å². The van der Waals surface area contributed by atoms with E-state index >= 15 is 0 Å². The van der Waals surface area contributed by atoms with Crippen molar-refractivity contribution < 1.29 is 4.79 Å². The van der Waals surface area contributed by atoms with Crippen molar-refractivity contribution in [2.45, 2.75) is 12.8 Å². The number of benzene rings is 1. The van der Waals surface area contributed by atoms with E-state index in [1.807, 2.05) is 29.2 Å². The molecule has 0 radical (unpaired) electrons. The number of aromatic amines is 1. The van der Waals surface area contributed by atoms with E-state index in [9.17, 15) is 4.79 Å².